The Hall–Kier alpha value is -2.04. The number of hydrogen-bond donors (Lipinski definition) is 1. The number of piperidine rings is 1. The molecule has 2 heterocycles. The fourth-order valence-electron chi connectivity index (χ4n) is 4.75. The van der Waals surface area contributed by atoms with Gasteiger partial charge in [-0.1, -0.05) is 45.4 Å². The highest BCUT2D eigenvalue weighted by molar-refractivity contribution is 6.02. The molecule has 2 saturated heterocycles. The van der Waals surface area contributed by atoms with E-state index in [1.807, 2.05) is 23.1 Å². The SMILES string of the molecule is CCCCCCCCCC(=O)Nc1ccc(N2CCCC2)c(C(=O)N2CCCCC2)c1. The molecule has 5 nitrogen and oxygen atoms in total. The van der Waals surface area contributed by atoms with Crippen molar-refractivity contribution in [3.8, 4) is 0 Å². The first kappa shape index (κ1) is 23.6. The highest BCUT2D eigenvalue weighted by Gasteiger charge is 2.25. The van der Waals surface area contributed by atoms with Crippen LogP contribution in [-0.2, 0) is 4.79 Å². The zero-order valence-corrected chi connectivity index (χ0v) is 19.5. The van der Waals surface area contributed by atoms with Crippen LogP contribution in [0.5, 0.6) is 0 Å². The van der Waals surface area contributed by atoms with Crippen LogP contribution in [0, 0.1) is 0 Å². The lowest BCUT2D eigenvalue weighted by Crippen LogP contribution is -2.36. The van der Waals surface area contributed by atoms with Crippen molar-refractivity contribution < 1.29 is 9.59 Å². The summed E-state index contributed by atoms with van der Waals surface area (Å²) >= 11 is 0. The molecule has 0 atom stereocenters. The van der Waals surface area contributed by atoms with E-state index >= 15 is 0 Å². The Morgan fingerprint density at radius 1 is 0.839 bits per heavy atom. The molecule has 31 heavy (non-hydrogen) atoms. The minimum absolute atomic E-state index is 0.0545. The third-order valence-electron chi connectivity index (χ3n) is 6.61. The summed E-state index contributed by atoms with van der Waals surface area (Å²) in [6.45, 7) is 5.92. The van der Waals surface area contributed by atoms with Crippen molar-refractivity contribution in [3.05, 3.63) is 23.8 Å². The summed E-state index contributed by atoms with van der Waals surface area (Å²) in [5, 5.41) is 3.04. The van der Waals surface area contributed by atoms with E-state index in [0.717, 1.165) is 68.8 Å². The van der Waals surface area contributed by atoms with Gasteiger partial charge in [0.15, 0.2) is 0 Å². The predicted molar refractivity (Wildman–Crippen MR) is 129 cm³/mol. The van der Waals surface area contributed by atoms with Crippen molar-refractivity contribution >= 4 is 23.2 Å². The Kier molecular flexibility index (Phi) is 9.70. The number of nitrogens with one attached hydrogen (secondary N) is 1. The second-order valence-corrected chi connectivity index (χ2v) is 9.20. The molecule has 172 valence electrons. The van der Waals surface area contributed by atoms with Gasteiger partial charge in [0.1, 0.15) is 0 Å². The monoisotopic (exact) mass is 427 g/mol. The van der Waals surface area contributed by atoms with Crippen molar-refractivity contribution in [1.29, 1.82) is 0 Å². The highest BCUT2D eigenvalue weighted by Crippen LogP contribution is 2.29. The number of benzene rings is 1. The Bertz CT molecular complexity index is 707. The molecule has 0 radical (unpaired) electrons. The maximum Gasteiger partial charge on any atom is 0.256 e. The van der Waals surface area contributed by atoms with E-state index in [4.69, 9.17) is 0 Å². The average Bonchev–Trinajstić information content (AvgIpc) is 3.33. The molecular formula is C26H41N3O2. The van der Waals surface area contributed by atoms with E-state index in [-0.39, 0.29) is 11.8 Å². The summed E-state index contributed by atoms with van der Waals surface area (Å²) in [6, 6.07) is 5.91. The molecule has 0 spiro atoms. The van der Waals surface area contributed by atoms with Crippen LogP contribution in [0.1, 0.15) is 101 Å². The number of carbonyl (C=O) groups excluding carboxylic acids is 2. The Balaban J connectivity index is 1.59. The molecule has 1 aromatic rings. The number of anilines is 2. The van der Waals surface area contributed by atoms with Gasteiger partial charge in [-0.2, -0.15) is 0 Å². The van der Waals surface area contributed by atoms with Crippen molar-refractivity contribution in [2.24, 2.45) is 0 Å². The molecule has 2 amide bonds. The predicted octanol–water partition coefficient (Wildman–Crippen LogP) is 5.99. The first-order valence-corrected chi connectivity index (χ1v) is 12.7. The summed E-state index contributed by atoms with van der Waals surface area (Å²) in [5.41, 5.74) is 2.52. The average molecular weight is 428 g/mol. The Morgan fingerprint density at radius 3 is 2.19 bits per heavy atom. The third-order valence-corrected chi connectivity index (χ3v) is 6.61. The van der Waals surface area contributed by atoms with Crippen LogP contribution >= 0.6 is 0 Å². The van der Waals surface area contributed by atoms with Crippen molar-refractivity contribution in [1.82, 2.24) is 4.90 Å². The van der Waals surface area contributed by atoms with E-state index in [1.165, 1.54) is 51.4 Å². The van der Waals surface area contributed by atoms with E-state index in [2.05, 4.69) is 17.1 Å². The standard InChI is InChI=1S/C26H41N3O2/c1-2-3-4-5-6-7-9-14-25(30)27-22-15-16-24(28-17-12-13-18-28)23(21-22)26(31)29-19-10-8-11-20-29/h15-16,21H,2-14,17-20H2,1H3,(H,27,30). The van der Waals surface area contributed by atoms with Crippen LogP contribution in [0.25, 0.3) is 0 Å². The van der Waals surface area contributed by atoms with E-state index in [9.17, 15) is 9.59 Å². The first-order chi connectivity index (χ1) is 15.2. The van der Waals surface area contributed by atoms with E-state index in [0.29, 0.717) is 6.42 Å². The Morgan fingerprint density at radius 2 is 1.48 bits per heavy atom. The number of likely N-dealkylation sites (tertiary alicyclic amines) is 1. The number of rotatable bonds is 11. The molecule has 1 N–H and O–H groups in total. The molecule has 3 rings (SSSR count). The van der Waals surface area contributed by atoms with Crippen molar-refractivity contribution in [2.45, 2.75) is 90.4 Å². The molecule has 2 aliphatic rings. The minimum atomic E-state index is 0.0545. The minimum Gasteiger partial charge on any atom is -0.371 e. The second kappa shape index (κ2) is 12.7. The van der Waals surface area contributed by atoms with Gasteiger partial charge in [0.05, 0.1) is 5.56 Å². The van der Waals surface area contributed by atoms with Crippen LogP contribution in [0.3, 0.4) is 0 Å². The molecule has 2 aliphatic heterocycles. The van der Waals surface area contributed by atoms with Crippen LogP contribution in [0.15, 0.2) is 18.2 Å². The molecule has 2 fully saturated rings. The molecule has 0 aliphatic carbocycles. The molecular weight excluding hydrogens is 386 g/mol. The van der Waals surface area contributed by atoms with Crippen LogP contribution in [0.4, 0.5) is 11.4 Å². The molecule has 5 heteroatoms. The maximum absolute atomic E-state index is 13.3. The lowest BCUT2D eigenvalue weighted by atomic mass is 10.1. The fraction of sp³-hybridized carbons (Fsp3) is 0.692. The van der Waals surface area contributed by atoms with E-state index in [1.54, 1.807) is 0 Å². The van der Waals surface area contributed by atoms with Gasteiger partial charge in [0, 0.05) is 44.0 Å². The fourth-order valence-corrected chi connectivity index (χ4v) is 4.75. The lowest BCUT2D eigenvalue weighted by molar-refractivity contribution is -0.116. The summed E-state index contributed by atoms with van der Waals surface area (Å²) in [7, 11) is 0. The first-order valence-electron chi connectivity index (χ1n) is 12.7. The van der Waals surface area contributed by atoms with Gasteiger partial charge in [0.2, 0.25) is 5.91 Å². The maximum atomic E-state index is 13.3. The second-order valence-electron chi connectivity index (χ2n) is 9.20. The summed E-state index contributed by atoms with van der Waals surface area (Å²) in [6.07, 6.45) is 14.7. The van der Waals surface area contributed by atoms with Crippen LogP contribution in [-0.4, -0.2) is 42.9 Å². The normalized spacial score (nSPS) is 16.5. The van der Waals surface area contributed by atoms with Gasteiger partial charge in [-0.15, -0.1) is 0 Å². The smallest absolute Gasteiger partial charge is 0.256 e. The number of nitrogens with zero attached hydrogens (tertiary/aromatic N) is 2. The summed E-state index contributed by atoms with van der Waals surface area (Å²) < 4.78 is 0. The highest BCUT2D eigenvalue weighted by atomic mass is 16.2. The van der Waals surface area contributed by atoms with Gasteiger partial charge < -0.3 is 15.1 Å². The molecule has 0 saturated carbocycles. The van der Waals surface area contributed by atoms with Gasteiger partial charge in [-0.25, -0.2) is 0 Å². The lowest BCUT2D eigenvalue weighted by Gasteiger charge is -2.29. The van der Waals surface area contributed by atoms with Gasteiger partial charge in [-0.05, 0) is 56.7 Å². The molecule has 1 aromatic carbocycles. The third kappa shape index (κ3) is 7.26. The van der Waals surface area contributed by atoms with E-state index < -0.39 is 0 Å². The number of unbranched alkanes of at least 4 members (excludes halogenated alkanes) is 6. The largest absolute Gasteiger partial charge is 0.371 e. The zero-order chi connectivity index (χ0) is 21.9. The van der Waals surface area contributed by atoms with Crippen LogP contribution in [0.2, 0.25) is 0 Å². The van der Waals surface area contributed by atoms with Crippen LogP contribution < -0.4 is 10.2 Å². The summed E-state index contributed by atoms with van der Waals surface area (Å²) in [5.74, 6) is 0.170. The zero-order valence-electron chi connectivity index (χ0n) is 19.5. The molecule has 0 unspecified atom stereocenters. The topological polar surface area (TPSA) is 52.7 Å². The van der Waals surface area contributed by atoms with Gasteiger partial charge >= 0.3 is 0 Å². The van der Waals surface area contributed by atoms with Crippen molar-refractivity contribution in [3.63, 3.8) is 0 Å². The number of hydrogen-bond acceptors (Lipinski definition) is 3. The number of amides is 2. The molecule has 0 aromatic heterocycles. The van der Waals surface area contributed by atoms with Gasteiger partial charge in [-0.3, -0.25) is 9.59 Å². The Labute approximate surface area is 188 Å². The summed E-state index contributed by atoms with van der Waals surface area (Å²) in [4.78, 5) is 30.1. The number of carbonyl (C=O) groups is 2. The van der Waals surface area contributed by atoms with Gasteiger partial charge in [0.25, 0.3) is 5.91 Å². The van der Waals surface area contributed by atoms with Crippen molar-refractivity contribution in [2.75, 3.05) is 36.4 Å². The molecule has 0 bridgehead atoms. The quantitative estimate of drug-likeness (QED) is 0.441.